The summed E-state index contributed by atoms with van der Waals surface area (Å²) < 4.78 is 32.7. The van der Waals surface area contributed by atoms with E-state index in [1.165, 1.54) is 41.1 Å². The Morgan fingerprint density at radius 2 is 1.90 bits per heavy atom. The number of benzene rings is 1. The average Bonchev–Trinajstić information content (AvgIpc) is 2.73. The molecule has 0 aliphatic heterocycles. The van der Waals surface area contributed by atoms with Crippen LogP contribution in [-0.2, 0) is 25.9 Å². The summed E-state index contributed by atoms with van der Waals surface area (Å²) in [6.07, 6.45) is 1.82. The first-order valence-corrected chi connectivity index (χ1v) is 11.4. The highest BCUT2D eigenvalue weighted by molar-refractivity contribution is 7.91. The second-order valence-corrected chi connectivity index (χ2v) is 9.28. The van der Waals surface area contributed by atoms with Gasteiger partial charge in [-0.15, -0.1) is 0 Å². The summed E-state index contributed by atoms with van der Waals surface area (Å²) in [4.78, 5) is 29.3. The van der Waals surface area contributed by atoms with Crippen molar-refractivity contribution >= 4 is 38.4 Å². The predicted octanol–water partition coefficient (Wildman–Crippen LogP) is 2.34. The summed E-state index contributed by atoms with van der Waals surface area (Å²) in [7, 11) is -2.56. The molecule has 10 heteroatoms. The number of aromatic nitrogens is 2. The molecule has 0 atom stereocenters. The Kier molecular flexibility index (Phi) is 7.09. The third-order valence-electron chi connectivity index (χ3n) is 4.60. The number of hydrogen-bond donors (Lipinski definition) is 1. The molecule has 31 heavy (non-hydrogen) atoms. The quantitative estimate of drug-likeness (QED) is 0.514. The lowest BCUT2D eigenvalue weighted by atomic mass is 10.2. The van der Waals surface area contributed by atoms with Crippen LogP contribution >= 0.6 is 11.6 Å². The van der Waals surface area contributed by atoms with Gasteiger partial charge in [0.15, 0.2) is 0 Å². The van der Waals surface area contributed by atoms with Crippen molar-refractivity contribution in [3.05, 3.63) is 63.5 Å². The number of nitrogens with one attached hydrogen (secondary N) is 1. The van der Waals surface area contributed by atoms with Gasteiger partial charge in [0.25, 0.3) is 0 Å². The van der Waals surface area contributed by atoms with E-state index in [2.05, 4.69) is 10.3 Å². The minimum absolute atomic E-state index is 0.0658. The van der Waals surface area contributed by atoms with Gasteiger partial charge in [-0.1, -0.05) is 11.6 Å². The number of carbonyl (C=O) groups is 1. The zero-order valence-electron chi connectivity index (χ0n) is 17.1. The number of sulfone groups is 1. The molecule has 1 amide bonds. The van der Waals surface area contributed by atoms with Crippen molar-refractivity contribution in [1.82, 2.24) is 14.9 Å². The number of pyridine rings is 2. The first kappa shape index (κ1) is 22.9. The maximum atomic E-state index is 13.2. The predicted molar refractivity (Wildman–Crippen MR) is 117 cm³/mol. The minimum atomic E-state index is -4.14. The number of carbonyl (C=O) groups excluding carboxylic acids is 1. The van der Waals surface area contributed by atoms with Crippen molar-refractivity contribution < 1.29 is 17.9 Å². The van der Waals surface area contributed by atoms with Gasteiger partial charge in [0, 0.05) is 37.2 Å². The van der Waals surface area contributed by atoms with Crippen molar-refractivity contribution in [3.8, 4) is 0 Å². The number of nitrogens with zero attached hydrogens (tertiary/aromatic N) is 2. The summed E-state index contributed by atoms with van der Waals surface area (Å²) in [6.45, 7) is 2.47. The van der Waals surface area contributed by atoms with E-state index in [1.807, 2.05) is 0 Å². The Hall–Kier alpha value is -2.75. The van der Waals surface area contributed by atoms with Gasteiger partial charge in [-0.25, -0.2) is 13.4 Å². The molecule has 2 heterocycles. The molecular formula is C21H22ClN3O5S. The van der Waals surface area contributed by atoms with Crippen molar-refractivity contribution in [2.45, 2.75) is 29.7 Å². The second-order valence-electron chi connectivity index (χ2n) is 6.93. The number of hydrogen-bond acceptors (Lipinski definition) is 6. The molecule has 2 aromatic heterocycles. The van der Waals surface area contributed by atoms with Crippen molar-refractivity contribution in [1.29, 1.82) is 0 Å². The zero-order valence-corrected chi connectivity index (χ0v) is 18.7. The number of fused-ring (bicyclic) bond motifs is 1. The van der Waals surface area contributed by atoms with E-state index in [0.717, 1.165) is 0 Å². The number of aryl methyl sites for hydroxylation is 1. The summed E-state index contributed by atoms with van der Waals surface area (Å²) in [5.41, 5.74) is 0.204. The van der Waals surface area contributed by atoms with E-state index in [-0.39, 0.29) is 28.4 Å². The average molecular weight is 464 g/mol. The first-order chi connectivity index (χ1) is 14.7. The molecule has 0 radical (unpaired) electrons. The molecule has 1 N–H and O–H groups in total. The molecule has 0 saturated heterocycles. The molecule has 1 aromatic carbocycles. The van der Waals surface area contributed by atoms with Crippen LogP contribution in [0.5, 0.6) is 0 Å². The van der Waals surface area contributed by atoms with Gasteiger partial charge in [0.2, 0.25) is 21.2 Å². The Labute approximate surface area is 184 Å². The fourth-order valence-corrected chi connectivity index (χ4v) is 4.54. The molecule has 0 unspecified atom stereocenters. The largest absolute Gasteiger partial charge is 0.385 e. The van der Waals surface area contributed by atoms with Gasteiger partial charge in [-0.3, -0.25) is 9.59 Å². The lowest BCUT2D eigenvalue weighted by molar-refractivity contribution is -0.121. The summed E-state index contributed by atoms with van der Waals surface area (Å²) in [6, 6.07) is 8.69. The maximum Gasteiger partial charge on any atom is 0.239 e. The van der Waals surface area contributed by atoms with E-state index >= 15 is 0 Å². The molecule has 0 saturated carbocycles. The van der Waals surface area contributed by atoms with E-state index < -0.39 is 20.2 Å². The lowest BCUT2D eigenvalue weighted by Gasteiger charge is -2.14. The van der Waals surface area contributed by atoms with Crippen molar-refractivity contribution in [2.75, 3.05) is 20.3 Å². The van der Waals surface area contributed by atoms with Crippen LogP contribution in [0.3, 0.4) is 0 Å². The molecule has 3 aromatic rings. The minimum Gasteiger partial charge on any atom is -0.385 e. The normalized spacial score (nSPS) is 11.6. The molecule has 0 aliphatic carbocycles. The zero-order chi connectivity index (χ0) is 22.6. The smallest absolute Gasteiger partial charge is 0.239 e. The molecule has 8 nitrogen and oxygen atoms in total. The van der Waals surface area contributed by atoms with Crippen LogP contribution in [0, 0.1) is 6.92 Å². The van der Waals surface area contributed by atoms with Gasteiger partial charge in [0.1, 0.15) is 17.1 Å². The fraction of sp³-hybridized carbons (Fsp3) is 0.286. The molecule has 0 spiro atoms. The van der Waals surface area contributed by atoms with Crippen LogP contribution < -0.4 is 10.7 Å². The van der Waals surface area contributed by atoms with Crippen LogP contribution in [0.4, 0.5) is 0 Å². The third-order valence-corrected chi connectivity index (χ3v) is 6.62. The van der Waals surface area contributed by atoms with Gasteiger partial charge in [0.05, 0.1) is 10.3 Å². The van der Waals surface area contributed by atoms with Gasteiger partial charge >= 0.3 is 0 Å². The van der Waals surface area contributed by atoms with Crippen LogP contribution in [0.2, 0.25) is 5.02 Å². The molecular weight excluding hydrogens is 442 g/mol. The van der Waals surface area contributed by atoms with Gasteiger partial charge in [-0.05, 0) is 49.7 Å². The number of halogens is 1. The molecule has 3 rings (SSSR count). The fourth-order valence-electron chi connectivity index (χ4n) is 3.04. The SMILES string of the molecule is COCCCNC(=O)Cn1cc(S(=O)(=O)c2ccc(Cl)cc2)c(=O)c2ccc(C)nc21. The molecule has 0 aliphatic rings. The number of amides is 1. The Bertz CT molecular complexity index is 1270. The Balaban J connectivity index is 2.08. The molecule has 0 fully saturated rings. The van der Waals surface area contributed by atoms with E-state index in [4.69, 9.17) is 16.3 Å². The molecule has 0 bridgehead atoms. The second kappa shape index (κ2) is 9.59. The van der Waals surface area contributed by atoms with E-state index in [1.54, 1.807) is 20.1 Å². The van der Waals surface area contributed by atoms with E-state index in [0.29, 0.717) is 30.3 Å². The van der Waals surface area contributed by atoms with Crippen LogP contribution in [0.15, 0.2) is 57.2 Å². The number of ether oxygens (including phenoxy) is 1. The van der Waals surface area contributed by atoms with Crippen molar-refractivity contribution in [3.63, 3.8) is 0 Å². The van der Waals surface area contributed by atoms with Crippen LogP contribution in [-0.4, -0.2) is 44.1 Å². The summed E-state index contributed by atoms with van der Waals surface area (Å²) in [5, 5.41) is 3.24. The lowest BCUT2D eigenvalue weighted by Crippen LogP contribution is -2.30. The van der Waals surface area contributed by atoms with Gasteiger partial charge < -0.3 is 14.6 Å². The van der Waals surface area contributed by atoms with Crippen LogP contribution in [0.25, 0.3) is 11.0 Å². The summed E-state index contributed by atoms with van der Waals surface area (Å²) in [5.74, 6) is -0.334. The van der Waals surface area contributed by atoms with Crippen LogP contribution in [0.1, 0.15) is 12.1 Å². The highest BCUT2D eigenvalue weighted by Gasteiger charge is 2.24. The highest BCUT2D eigenvalue weighted by atomic mass is 35.5. The number of rotatable bonds is 8. The Morgan fingerprint density at radius 1 is 1.19 bits per heavy atom. The summed E-state index contributed by atoms with van der Waals surface area (Å²) >= 11 is 5.85. The monoisotopic (exact) mass is 463 g/mol. The Morgan fingerprint density at radius 3 is 2.58 bits per heavy atom. The maximum absolute atomic E-state index is 13.2. The number of methoxy groups -OCH3 is 1. The first-order valence-electron chi connectivity index (χ1n) is 9.51. The highest BCUT2D eigenvalue weighted by Crippen LogP contribution is 2.22. The molecule has 164 valence electrons. The van der Waals surface area contributed by atoms with Crippen molar-refractivity contribution in [2.24, 2.45) is 0 Å². The third kappa shape index (κ3) is 5.12. The van der Waals surface area contributed by atoms with E-state index in [9.17, 15) is 18.0 Å². The topological polar surface area (TPSA) is 107 Å². The van der Waals surface area contributed by atoms with Gasteiger partial charge in [-0.2, -0.15) is 0 Å². The standard InChI is InChI=1S/C21H22ClN3O5S/c1-14-4-9-17-20(27)18(31(28,29)16-7-5-15(22)6-8-16)12-25(21(17)24-14)13-19(26)23-10-3-11-30-2/h4-9,12H,3,10-11,13H2,1-2H3,(H,23,26).